The molecular formula is C12H14O2S. The molecule has 15 heavy (non-hydrogen) atoms. The molecule has 3 heteroatoms. The average Bonchev–Trinajstić information content (AvgIpc) is 3.08. The lowest BCUT2D eigenvalue weighted by Crippen LogP contribution is -2.10. The molecule has 0 N–H and O–H groups in total. The SMILES string of the molecule is COc1c(SC)cccc1C1(C=O)CC1. The largest absolute Gasteiger partial charge is 0.495 e. The summed E-state index contributed by atoms with van der Waals surface area (Å²) in [5.74, 6) is 0.870. The van der Waals surface area contributed by atoms with Gasteiger partial charge in [0.25, 0.3) is 0 Å². The molecule has 0 amide bonds. The lowest BCUT2D eigenvalue weighted by Gasteiger charge is -2.15. The molecule has 0 aliphatic heterocycles. The lowest BCUT2D eigenvalue weighted by atomic mass is 9.97. The van der Waals surface area contributed by atoms with E-state index in [0.717, 1.165) is 35.3 Å². The van der Waals surface area contributed by atoms with Crippen molar-refractivity contribution in [1.82, 2.24) is 0 Å². The van der Waals surface area contributed by atoms with E-state index in [1.54, 1.807) is 18.9 Å². The summed E-state index contributed by atoms with van der Waals surface area (Å²) < 4.78 is 5.42. The molecule has 1 aromatic rings. The zero-order valence-electron chi connectivity index (χ0n) is 8.95. The Bertz CT molecular complexity index is 383. The molecule has 0 aromatic heterocycles. The summed E-state index contributed by atoms with van der Waals surface area (Å²) in [6, 6.07) is 6.01. The minimum atomic E-state index is -0.253. The number of benzene rings is 1. The molecule has 1 fully saturated rings. The van der Waals surface area contributed by atoms with Gasteiger partial charge in [0.05, 0.1) is 12.5 Å². The molecule has 0 atom stereocenters. The Kier molecular flexibility index (Phi) is 2.74. The van der Waals surface area contributed by atoms with Gasteiger partial charge in [-0.15, -0.1) is 11.8 Å². The van der Waals surface area contributed by atoms with Gasteiger partial charge in [-0.2, -0.15) is 0 Å². The van der Waals surface area contributed by atoms with Gasteiger partial charge in [-0.3, -0.25) is 0 Å². The molecule has 1 aliphatic rings. The second-order valence-electron chi connectivity index (χ2n) is 3.82. The quantitative estimate of drug-likeness (QED) is 0.578. The van der Waals surface area contributed by atoms with Gasteiger partial charge in [-0.25, -0.2) is 0 Å². The minimum Gasteiger partial charge on any atom is -0.495 e. The lowest BCUT2D eigenvalue weighted by molar-refractivity contribution is -0.109. The molecular weight excluding hydrogens is 208 g/mol. The van der Waals surface area contributed by atoms with Crippen molar-refractivity contribution in [2.75, 3.05) is 13.4 Å². The zero-order chi connectivity index (χ0) is 10.9. The van der Waals surface area contributed by atoms with Gasteiger partial charge >= 0.3 is 0 Å². The molecule has 0 unspecified atom stereocenters. The van der Waals surface area contributed by atoms with E-state index >= 15 is 0 Å². The Morgan fingerprint density at radius 1 is 1.47 bits per heavy atom. The van der Waals surface area contributed by atoms with Gasteiger partial charge < -0.3 is 9.53 Å². The van der Waals surface area contributed by atoms with Gasteiger partial charge in [0.2, 0.25) is 0 Å². The van der Waals surface area contributed by atoms with Crippen LogP contribution < -0.4 is 4.74 Å². The van der Waals surface area contributed by atoms with Crippen LogP contribution in [0, 0.1) is 0 Å². The number of ether oxygens (including phenoxy) is 1. The number of hydrogen-bond donors (Lipinski definition) is 0. The van der Waals surface area contributed by atoms with E-state index < -0.39 is 0 Å². The van der Waals surface area contributed by atoms with Crippen LogP contribution in [0.1, 0.15) is 18.4 Å². The fourth-order valence-corrected chi connectivity index (χ4v) is 2.46. The first kappa shape index (κ1) is 10.6. The topological polar surface area (TPSA) is 26.3 Å². The fourth-order valence-electron chi connectivity index (χ4n) is 1.86. The number of hydrogen-bond acceptors (Lipinski definition) is 3. The maximum atomic E-state index is 11.1. The first-order valence-corrected chi connectivity index (χ1v) is 6.17. The second kappa shape index (κ2) is 3.89. The van der Waals surface area contributed by atoms with Crippen LogP contribution in [0.15, 0.2) is 23.1 Å². The highest BCUT2D eigenvalue weighted by atomic mass is 32.2. The molecule has 0 radical (unpaired) electrons. The van der Waals surface area contributed by atoms with Crippen molar-refractivity contribution < 1.29 is 9.53 Å². The Morgan fingerprint density at radius 3 is 2.67 bits per heavy atom. The third-order valence-corrected chi connectivity index (χ3v) is 3.71. The van der Waals surface area contributed by atoms with Gasteiger partial charge in [0, 0.05) is 10.5 Å². The Balaban J connectivity index is 2.51. The summed E-state index contributed by atoms with van der Waals surface area (Å²) in [6.07, 6.45) is 4.98. The van der Waals surface area contributed by atoms with Crippen LogP contribution in [-0.2, 0) is 10.2 Å². The smallest absolute Gasteiger partial charge is 0.136 e. The summed E-state index contributed by atoms with van der Waals surface area (Å²) in [5, 5.41) is 0. The van der Waals surface area contributed by atoms with Crippen LogP contribution in [0.25, 0.3) is 0 Å². The summed E-state index contributed by atoms with van der Waals surface area (Å²) in [4.78, 5) is 12.2. The van der Waals surface area contributed by atoms with Crippen molar-refractivity contribution in [1.29, 1.82) is 0 Å². The highest BCUT2D eigenvalue weighted by Gasteiger charge is 2.46. The number of rotatable bonds is 4. The van der Waals surface area contributed by atoms with Crippen LogP contribution in [0.2, 0.25) is 0 Å². The van der Waals surface area contributed by atoms with E-state index in [-0.39, 0.29) is 5.41 Å². The molecule has 0 saturated heterocycles. The minimum absolute atomic E-state index is 0.253. The van der Waals surface area contributed by atoms with Crippen molar-refractivity contribution in [3.05, 3.63) is 23.8 Å². The van der Waals surface area contributed by atoms with Gasteiger partial charge in [0.1, 0.15) is 12.0 Å². The van der Waals surface area contributed by atoms with Crippen molar-refractivity contribution in [2.24, 2.45) is 0 Å². The Labute approximate surface area is 94.0 Å². The molecule has 2 rings (SSSR count). The number of thioether (sulfide) groups is 1. The summed E-state index contributed by atoms with van der Waals surface area (Å²) in [7, 11) is 1.67. The van der Waals surface area contributed by atoms with Crippen LogP contribution in [0.5, 0.6) is 5.75 Å². The van der Waals surface area contributed by atoms with Crippen LogP contribution in [0.3, 0.4) is 0 Å². The predicted octanol–water partition coefficient (Wildman–Crippen LogP) is 2.65. The van der Waals surface area contributed by atoms with Gasteiger partial charge in [0.15, 0.2) is 0 Å². The number of aldehydes is 1. The maximum Gasteiger partial charge on any atom is 0.136 e. The fraction of sp³-hybridized carbons (Fsp3) is 0.417. The summed E-state index contributed by atoms with van der Waals surface area (Å²) in [5.41, 5.74) is 0.795. The molecule has 0 spiro atoms. The second-order valence-corrected chi connectivity index (χ2v) is 4.66. The standard InChI is InChI=1S/C12H14O2S/c1-14-11-9(12(8-13)6-7-12)4-3-5-10(11)15-2/h3-5,8H,6-7H2,1-2H3. The number of carbonyl (C=O) groups excluding carboxylic acids is 1. The van der Waals surface area contributed by atoms with E-state index in [2.05, 4.69) is 0 Å². The maximum absolute atomic E-state index is 11.1. The molecule has 1 aromatic carbocycles. The molecule has 2 nitrogen and oxygen atoms in total. The van der Waals surface area contributed by atoms with Crippen molar-refractivity contribution in [3.8, 4) is 5.75 Å². The van der Waals surface area contributed by atoms with E-state index in [4.69, 9.17) is 4.74 Å². The third-order valence-electron chi connectivity index (χ3n) is 2.95. The molecule has 80 valence electrons. The highest BCUT2D eigenvalue weighted by Crippen LogP contribution is 2.51. The van der Waals surface area contributed by atoms with E-state index in [9.17, 15) is 4.79 Å². The highest BCUT2D eigenvalue weighted by molar-refractivity contribution is 7.98. The van der Waals surface area contributed by atoms with Crippen LogP contribution in [-0.4, -0.2) is 19.7 Å². The molecule has 0 heterocycles. The first-order valence-electron chi connectivity index (χ1n) is 4.95. The molecule has 1 saturated carbocycles. The van der Waals surface area contributed by atoms with Gasteiger partial charge in [-0.1, -0.05) is 12.1 Å². The summed E-state index contributed by atoms with van der Waals surface area (Å²) >= 11 is 1.65. The number of carbonyl (C=O) groups is 1. The van der Waals surface area contributed by atoms with Crippen molar-refractivity contribution in [2.45, 2.75) is 23.2 Å². The summed E-state index contributed by atoms with van der Waals surface area (Å²) in [6.45, 7) is 0. The predicted molar refractivity (Wildman–Crippen MR) is 61.8 cm³/mol. The monoisotopic (exact) mass is 222 g/mol. The van der Waals surface area contributed by atoms with E-state index in [1.807, 2.05) is 24.5 Å². The average molecular weight is 222 g/mol. The van der Waals surface area contributed by atoms with Crippen molar-refractivity contribution >= 4 is 18.0 Å². The Morgan fingerprint density at radius 2 is 2.20 bits per heavy atom. The zero-order valence-corrected chi connectivity index (χ0v) is 9.76. The van der Waals surface area contributed by atoms with Crippen LogP contribution in [0.4, 0.5) is 0 Å². The first-order chi connectivity index (χ1) is 7.27. The molecule has 1 aliphatic carbocycles. The van der Waals surface area contributed by atoms with Gasteiger partial charge in [-0.05, 0) is 25.2 Å². The number of methoxy groups -OCH3 is 1. The Hall–Kier alpha value is -0.960. The number of para-hydroxylation sites is 1. The molecule has 0 bridgehead atoms. The third kappa shape index (κ3) is 1.65. The van der Waals surface area contributed by atoms with E-state index in [0.29, 0.717) is 0 Å². The van der Waals surface area contributed by atoms with Crippen LogP contribution >= 0.6 is 11.8 Å². The van der Waals surface area contributed by atoms with E-state index in [1.165, 1.54) is 0 Å². The van der Waals surface area contributed by atoms with Crippen molar-refractivity contribution in [3.63, 3.8) is 0 Å². The normalized spacial score (nSPS) is 17.2.